The Hall–Kier alpha value is -3.29. The smallest absolute Gasteiger partial charge is 0.254 e. The minimum Gasteiger partial charge on any atom is -0.497 e. The first-order valence-electron chi connectivity index (χ1n) is 10.9. The highest BCUT2D eigenvalue weighted by atomic mass is 35.5. The molecule has 8 heteroatoms. The summed E-state index contributed by atoms with van der Waals surface area (Å²) in [6.07, 6.45) is 0.732. The maximum Gasteiger partial charge on any atom is 0.254 e. The molecule has 3 aromatic carbocycles. The molecule has 0 saturated heterocycles. The second-order valence-electron chi connectivity index (χ2n) is 8.08. The van der Waals surface area contributed by atoms with Crippen LogP contribution in [0.3, 0.4) is 0 Å². The SMILES string of the molecule is COc1cc(NC(C(=O)N2CCc3ccc(C)cc32)c2ccc(Cl)cc2F)cc(OCCO)c1. The minimum absolute atomic E-state index is 0.102. The van der Waals surface area contributed by atoms with Crippen LogP contribution in [0.2, 0.25) is 5.02 Å². The van der Waals surface area contributed by atoms with Crippen molar-refractivity contribution in [3.8, 4) is 11.5 Å². The number of ether oxygens (including phenoxy) is 2. The second-order valence-corrected chi connectivity index (χ2v) is 8.52. The number of carbonyl (C=O) groups excluding carboxylic acids is 1. The lowest BCUT2D eigenvalue weighted by Crippen LogP contribution is -2.37. The molecule has 1 unspecified atom stereocenters. The number of halogens is 2. The number of rotatable bonds is 8. The number of amides is 1. The summed E-state index contributed by atoms with van der Waals surface area (Å²) >= 11 is 5.97. The molecule has 34 heavy (non-hydrogen) atoms. The van der Waals surface area contributed by atoms with Gasteiger partial charge in [-0.05, 0) is 42.7 Å². The Morgan fingerprint density at radius 3 is 2.71 bits per heavy atom. The Morgan fingerprint density at radius 1 is 1.18 bits per heavy atom. The number of anilines is 2. The molecular weight excluding hydrogens is 459 g/mol. The summed E-state index contributed by atoms with van der Waals surface area (Å²) in [6, 6.07) is 14.3. The third-order valence-corrected chi connectivity index (χ3v) is 5.94. The number of hydrogen-bond donors (Lipinski definition) is 2. The van der Waals surface area contributed by atoms with Crippen LogP contribution >= 0.6 is 11.6 Å². The number of aliphatic hydroxyl groups is 1. The molecule has 178 valence electrons. The highest BCUT2D eigenvalue weighted by molar-refractivity contribution is 6.30. The van der Waals surface area contributed by atoms with Crippen molar-refractivity contribution in [3.63, 3.8) is 0 Å². The predicted molar refractivity (Wildman–Crippen MR) is 131 cm³/mol. The van der Waals surface area contributed by atoms with Gasteiger partial charge < -0.3 is 24.8 Å². The lowest BCUT2D eigenvalue weighted by atomic mass is 10.0. The van der Waals surface area contributed by atoms with Crippen LogP contribution in [0.15, 0.2) is 54.6 Å². The first-order chi connectivity index (χ1) is 16.4. The van der Waals surface area contributed by atoms with E-state index in [0.29, 0.717) is 23.7 Å². The number of aryl methyl sites for hydroxylation is 1. The van der Waals surface area contributed by atoms with E-state index in [1.165, 1.54) is 19.2 Å². The average Bonchev–Trinajstić information content (AvgIpc) is 3.24. The van der Waals surface area contributed by atoms with Crippen LogP contribution in [0.25, 0.3) is 0 Å². The molecular formula is C26H26ClFN2O4. The number of fused-ring (bicyclic) bond motifs is 1. The molecule has 0 aliphatic carbocycles. The first-order valence-corrected chi connectivity index (χ1v) is 11.3. The molecule has 1 aliphatic heterocycles. The van der Waals surface area contributed by atoms with Crippen LogP contribution < -0.4 is 19.7 Å². The van der Waals surface area contributed by atoms with Crippen molar-refractivity contribution in [1.29, 1.82) is 0 Å². The third-order valence-electron chi connectivity index (χ3n) is 5.71. The molecule has 3 aromatic rings. The maximum atomic E-state index is 15.0. The Morgan fingerprint density at radius 2 is 1.97 bits per heavy atom. The Bertz CT molecular complexity index is 1200. The molecule has 0 saturated carbocycles. The minimum atomic E-state index is -1.03. The van der Waals surface area contributed by atoms with Crippen LogP contribution in [0.4, 0.5) is 15.8 Å². The topological polar surface area (TPSA) is 71.0 Å². The normalized spacial score (nSPS) is 13.4. The van der Waals surface area contributed by atoms with Crippen LogP contribution in [0.1, 0.15) is 22.7 Å². The van der Waals surface area contributed by atoms with Gasteiger partial charge >= 0.3 is 0 Å². The number of benzene rings is 3. The van der Waals surface area contributed by atoms with Gasteiger partial charge in [0.2, 0.25) is 0 Å². The molecule has 4 rings (SSSR count). The van der Waals surface area contributed by atoms with Gasteiger partial charge in [0, 0.05) is 46.7 Å². The predicted octanol–water partition coefficient (Wildman–Crippen LogP) is 4.91. The number of hydrogen-bond acceptors (Lipinski definition) is 5. The van der Waals surface area contributed by atoms with E-state index in [0.717, 1.165) is 23.2 Å². The standard InChI is InChI=1S/C26H26ClFN2O4/c1-16-3-4-17-7-8-30(24(17)11-16)26(32)25(22-6-5-18(27)12-23(22)28)29-19-13-20(33-2)15-21(14-19)34-10-9-31/h3-6,11-15,25,29,31H,7-10H2,1-2H3. The van der Waals surface area contributed by atoms with Gasteiger partial charge in [0.1, 0.15) is 30.0 Å². The molecule has 0 fully saturated rings. The Balaban J connectivity index is 1.73. The quantitative estimate of drug-likeness (QED) is 0.475. The summed E-state index contributed by atoms with van der Waals surface area (Å²) < 4.78 is 25.9. The van der Waals surface area contributed by atoms with Crippen molar-refractivity contribution in [2.75, 3.05) is 37.1 Å². The fourth-order valence-electron chi connectivity index (χ4n) is 4.07. The molecule has 1 amide bonds. The van der Waals surface area contributed by atoms with E-state index in [9.17, 15) is 4.79 Å². The van der Waals surface area contributed by atoms with Gasteiger partial charge in [-0.25, -0.2) is 4.39 Å². The molecule has 0 radical (unpaired) electrons. The number of nitrogens with zero attached hydrogens (tertiary/aromatic N) is 1. The lowest BCUT2D eigenvalue weighted by Gasteiger charge is -2.27. The van der Waals surface area contributed by atoms with Gasteiger partial charge in [0.05, 0.1) is 13.7 Å². The third kappa shape index (κ3) is 5.11. The molecule has 2 N–H and O–H groups in total. The van der Waals surface area contributed by atoms with E-state index >= 15 is 4.39 Å². The van der Waals surface area contributed by atoms with Crippen molar-refractivity contribution in [2.45, 2.75) is 19.4 Å². The van der Waals surface area contributed by atoms with Crippen LogP contribution in [0, 0.1) is 12.7 Å². The monoisotopic (exact) mass is 484 g/mol. The van der Waals surface area contributed by atoms with Crippen LogP contribution in [-0.4, -0.2) is 37.9 Å². The molecule has 1 atom stereocenters. The Kier molecular flexibility index (Phi) is 7.24. The van der Waals surface area contributed by atoms with E-state index < -0.39 is 11.9 Å². The van der Waals surface area contributed by atoms with Crippen LogP contribution in [0.5, 0.6) is 11.5 Å². The maximum absolute atomic E-state index is 15.0. The Labute approximate surface area is 202 Å². The average molecular weight is 485 g/mol. The lowest BCUT2D eigenvalue weighted by molar-refractivity contribution is -0.119. The zero-order valence-electron chi connectivity index (χ0n) is 19.0. The molecule has 0 bridgehead atoms. The fourth-order valence-corrected chi connectivity index (χ4v) is 4.23. The van der Waals surface area contributed by atoms with Crippen molar-refractivity contribution >= 4 is 28.9 Å². The van der Waals surface area contributed by atoms with E-state index in [2.05, 4.69) is 5.32 Å². The zero-order valence-corrected chi connectivity index (χ0v) is 19.7. The van der Waals surface area contributed by atoms with Crippen molar-refractivity contribution in [2.24, 2.45) is 0 Å². The number of nitrogens with one attached hydrogen (secondary N) is 1. The summed E-state index contributed by atoms with van der Waals surface area (Å²) in [7, 11) is 1.51. The van der Waals surface area contributed by atoms with Gasteiger partial charge in [0.15, 0.2) is 0 Å². The van der Waals surface area contributed by atoms with Crippen molar-refractivity contribution in [3.05, 3.63) is 82.1 Å². The zero-order chi connectivity index (χ0) is 24.2. The number of carbonyl (C=O) groups is 1. The summed E-state index contributed by atoms with van der Waals surface area (Å²) in [5.74, 6) is 0.0663. The van der Waals surface area contributed by atoms with Gasteiger partial charge in [0.25, 0.3) is 5.91 Å². The highest BCUT2D eigenvalue weighted by Crippen LogP contribution is 2.35. The molecule has 6 nitrogen and oxygen atoms in total. The summed E-state index contributed by atoms with van der Waals surface area (Å²) in [5.41, 5.74) is 3.64. The van der Waals surface area contributed by atoms with E-state index in [4.69, 9.17) is 26.2 Å². The van der Waals surface area contributed by atoms with E-state index in [1.54, 1.807) is 29.2 Å². The first kappa shape index (κ1) is 23.9. The highest BCUT2D eigenvalue weighted by Gasteiger charge is 2.33. The van der Waals surface area contributed by atoms with E-state index in [-0.39, 0.29) is 29.7 Å². The van der Waals surface area contributed by atoms with E-state index in [1.807, 2.05) is 25.1 Å². The second kappa shape index (κ2) is 10.3. The molecule has 0 spiro atoms. The number of aliphatic hydroxyl groups excluding tert-OH is 1. The van der Waals surface area contributed by atoms with Crippen LogP contribution in [-0.2, 0) is 11.2 Å². The molecule has 0 aromatic heterocycles. The van der Waals surface area contributed by atoms with Crippen molar-refractivity contribution in [1.82, 2.24) is 0 Å². The summed E-state index contributed by atoms with van der Waals surface area (Å²) in [6.45, 7) is 2.43. The van der Waals surface area contributed by atoms with Gasteiger partial charge in [-0.2, -0.15) is 0 Å². The largest absolute Gasteiger partial charge is 0.497 e. The number of methoxy groups -OCH3 is 1. The molecule has 1 aliphatic rings. The van der Waals surface area contributed by atoms with Gasteiger partial charge in [-0.3, -0.25) is 4.79 Å². The summed E-state index contributed by atoms with van der Waals surface area (Å²) in [4.78, 5) is 15.5. The van der Waals surface area contributed by atoms with Gasteiger partial charge in [-0.15, -0.1) is 0 Å². The van der Waals surface area contributed by atoms with Gasteiger partial charge in [-0.1, -0.05) is 29.8 Å². The summed E-state index contributed by atoms with van der Waals surface area (Å²) in [5, 5.41) is 12.5. The fraction of sp³-hybridized carbons (Fsp3) is 0.269. The molecule has 1 heterocycles. The van der Waals surface area contributed by atoms with Crippen molar-refractivity contribution < 1.29 is 23.8 Å².